The Kier molecular flexibility index (Phi) is 4.02. The molecule has 3 aliphatic rings. The molecule has 5 rings (SSSR count). The zero-order valence-electron chi connectivity index (χ0n) is 14.9. The molecule has 28 heavy (non-hydrogen) atoms. The standard InChI is InChI=1S/C22H18ClNO4/c23-13-6-7-16(14(10-13)20(25)11-4-2-1-3-5-11)24-21(26)18-12-8-15-17(9-12)28-22(27)19(15)18/h1-7,10,12,15,17-19H,8-9H2,(H,24,26)/t12-,15+,17-,18+,19+/m1/s1. The van der Waals surface area contributed by atoms with Gasteiger partial charge in [0.1, 0.15) is 6.10 Å². The molecule has 2 aliphatic carbocycles. The summed E-state index contributed by atoms with van der Waals surface area (Å²) in [5.74, 6) is -1.13. The molecular formula is C22H18ClNO4. The molecule has 2 bridgehead atoms. The number of rotatable bonds is 4. The average Bonchev–Trinajstić information content (AvgIpc) is 3.32. The Bertz CT molecular complexity index is 987. The van der Waals surface area contributed by atoms with E-state index in [1.54, 1.807) is 42.5 Å². The third-order valence-electron chi connectivity index (χ3n) is 6.31. The fraction of sp³-hybridized carbons (Fsp3) is 0.318. The highest BCUT2D eigenvalue weighted by Crippen LogP contribution is 2.57. The molecule has 1 N–H and O–H groups in total. The van der Waals surface area contributed by atoms with E-state index in [4.69, 9.17) is 16.3 Å². The minimum absolute atomic E-state index is 0.0164. The van der Waals surface area contributed by atoms with Crippen molar-refractivity contribution in [3.05, 3.63) is 64.7 Å². The number of hydrogen-bond acceptors (Lipinski definition) is 4. The van der Waals surface area contributed by atoms with Crippen molar-refractivity contribution < 1.29 is 19.1 Å². The molecule has 2 aromatic rings. The SMILES string of the molecule is O=C(c1ccccc1)c1cc(Cl)ccc1NC(=O)[C@H]1[C@@H]2C[C@@H]3[C@@H]1C(=O)O[C@@H]3C2. The summed E-state index contributed by atoms with van der Waals surface area (Å²) in [5, 5.41) is 3.31. The highest BCUT2D eigenvalue weighted by molar-refractivity contribution is 6.31. The number of halogens is 1. The van der Waals surface area contributed by atoms with Crippen molar-refractivity contribution in [2.24, 2.45) is 23.7 Å². The van der Waals surface area contributed by atoms with E-state index in [1.807, 2.05) is 6.07 Å². The van der Waals surface area contributed by atoms with Gasteiger partial charge in [0.25, 0.3) is 0 Å². The molecule has 1 heterocycles. The molecule has 1 aliphatic heterocycles. The van der Waals surface area contributed by atoms with Gasteiger partial charge in [-0.25, -0.2) is 0 Å². The molecule has 0 unspecified atom stereocenters. The topological polar surface area (TPSA) is 72.5 Å². The van der Waals surface area contributed by atoms with Gasteiger partial charge in [0.2, 0.25) is 5.91 Å². The molecule has 2 aromatic carbocycles. The maximum absolute atomic E-state index is 13.1. The molecule has 0 spiro atoms. The van der Waals surface area contributed by atoms with E-state index in [0.717, 1.165) is 12.8 Å². The van der Waals surface area contributed by atoms with Crippen molar-refractivity contribution in [1.29, 1.82) is 0 Å². The van der Waals surface area contributed by atoms with Crippen LogP contribution in [0.2, 0.25) is 5.02 Å². The van der Waals surface area contributed by atoms with Crippen LogP contribution in [0.4, 0.5) is 5.69 Å². The number of ether oxygens (including phenoxy) is 1. The number of amides is 1. The first-order valence-electron chi connectivity index (χ1n) is 9.43. The van der Waals surface area contributed by atoms with Gasteiger partial charge >= 0.3 is 5.97 Å². The predicted octanol–water partition coefficient (Wildman–Crippen LogP) is 3.71. The number of benzene rings is 2. The van der Waals surface area contributed by atoms with Gasteiger partial charge in [-0.2, -0.15) is 0 Å². The highest BCUT2D eigenvalue weighted by atomic mass is 35.5. The third-order valence-corrected chi connectivity index (χ3v) is 6.54. The number of ketones is 1. The van der Waals surface area contributed by atoms with Crippen LogP contribution in [0.1, 0.15) is 28.8 Å². The van der Waals surface area contributed by atoms with Crippen molar-refractivity contribution in [1.82, 2.24) is 0 Å². The van der Waals surface area contributed by atoms with E-state index >= 15 is 0 Å². The summed E-state index contributed by atoms with van der Waals surface area (Å²) < 4.78 is 5.41. The van der Waals surface area contributed by atoms with Gasteiger partial charge < -0.3 is 10.1 Å². The van der Waals surface area contributed by atoms with Gasteiger partial charge in [0.15, 0.2) is 5.78 Å². The summed E-state index contributed by atoms with van der Waals surface area (Å²) in [6, 6.07) is 13.7. The Hall–Kier alpha value is -2.66. The Balaban J connectivity index is 1.44. The Morgan fingerprint density at radius 1 is 1.07 bits per heavy atom. The molecule has 3 fully saturated rings. The fourth-order valence-corrected chi connectivity index (χ4v) is 5.31. The van der Waals surface area contributed by atoms with Gasteiger partial charge in [-0.05, 0) is 37.0 Å². The second kappa shape index (κ2) is 6.45. The molecule has 142 valence electrons. The summed E-state index contributed by atoms with van der Waals surface area (Å²) in [6.45, 7) is 0. The number of hydrogen-bond donors (Lipinski definition) is 1. The number of anilines is 1. The van der Waals surface area contributed by atoms with Crippen molar-refractivity contribution in [3.63, 3.8) is 0 Å². The fourth-order valence-electron chi connectivity index (χ4n) is 5.14. The van der Waals surface area contributed by atoms with Gasteiger partial charge in [0.05, 0.1) is 17.5 Å². The zero-order chi connectivity index (χ0) is 19.4. The third kappa shape index (κ3) is 2.65. The van der Waals surface area contributed by atoms with Gasteiger partial charge in [-0.3, -0.25) is 14.4 Å². The van der Waals surface area contributed by atoms with Crippen LogP contribution in [0.5, 0.6) is 0 Å². The second-order valence-electron chi connectivity index (χ2n) is 7.80. The molecule has 5 atom stereocenters. The normalized spacial score (nSPS) is 29.6. The molecule has 6 heteroatoms. The smallest absolute Gasteiger partial charge is 0.310 e. The summed E-state index contributed by atoms with van der Waals surface area (Å²) in [4.78, 5) is 38.2. The van der Waals surface area contributed by atoms with Crippen molar-refractivity contribution >= 4 is 34.9 Å². The van der Waals surface area contributed by atoms with Crippen molar-refractivity contribution in [3.8, 4) is 0 Å². The van der Waals surface area contributed by atoms with Crippen LogP contribution in [0, 0.1) is 23.7 Å². The lowest BCUT2D eigenvalue weighted by Gasteiger charge is -2.24. The largest absolute Gasteiger partial charge is 0.462 e. The first-order valence-corrected chi connectivity index (χ1v) is 9.81. The van der Waals surface area contributed by atoms with Crippen molar-refractivity contribution in [2.75, 3.05) is 5.32 Å². The van der Waals surface area contributed by atoms with Crippen LogP contribution < -0.4 is 5.32 Å². The minimum Gasteiger partial charge on any atom is -0.462 e. The molecule has 0 aromatic heterocycles. The predicted molar refractivity (Wildman–Crippen MR) is 103 cm³/mol. The maximum Gasteiger partial charge on any atom is 0.310 e. The van der Waals surface area contributed by atoms with Crippen LogP contribution in [0.15, 0.2) is 48.5 Å². The summed E-state index contributed by atoms with van der Waals surface area (Å²) in [6.07, 6.45) is 1.59. The number of esters is 1. The Morgan fingerprint density at radius 3 is 2.64 bits per heavy atom. The number of carbonyl (C=O) groups excluding carboxylic acids is 3. The monoisotopic (exact) mass is 395 g/mol. The molecule has 1 amide bonds. The highest BCUT2D eigenvalue weighted by Gasteiger charge is 2.63. The van der Waals surface area contributed by atoms with E-state index < -0.39 is 5.92 Å². The second-order valence-corrected chi connectivity index (χ2v) is 8.23. The molecule has 1 saturated heterocycles. The average molecular weight is 396 g/mol. The van der Waals surface area contributed by atoms with Gasteiger partial charge in [0, 0.05) is 22.1 Å². The number of fused-ring (bicyclic) bond motifs is 1. The lowest BCUT2D eigenvalue weighted by Crippen LogP contribution is -2.36. The lowest BCUT2D eigenvalue weighted by molar-refractivity contribution is -0.145. The van der Waals surface area contributed by atoms with Crippen LogP contribution in [0.25, 0.3) is 0 Å². The first kappa shape index (κ1) is 17.4. The van der Waals surface area contributed by atoms with Crippen LogP contribution in [-0.4, -0.2) is 23.8 Å². The number of carbonyl (C=O) groups is 3. The summed E-state index contributed by atoms with van der Waals surface area (Å²) in [5.41, 5.74) is 1.26. The molecule has 0 radical (unpaired) electrons. The van der Waals surface area contributed by atoms with Crippen LogP contribution in [-0.2, 0) is 14.3 Å². The zero-order valence-corrected chi connectivity index (χ0v) is 15.7. The van der Waals surface area contributed by atoms with E-state index in [1.165, 1.54) is 0 Å². The van der Waals surface area contributed by atoms with E-state index in [-0.39, 0.29) is 41.5 Å². The minimum atomic E-state index is -0.397. The Morgan fingerprint density at radius 2 is 1.86 bits per heavy atom. The maximum atomic E-state index is 13.1. The molecular weight excluding hydrogens is 378 g/mol. The number of nitrogens with one attached hydrogen (secondary N) is 1. The summed E-state index contributed by atoms with van der Waals surface area (Å²) >= 11 is 6.11. The molecule has 5 nitrogen and oxygen atoms in total. The van der Waals surface area contributed by atoms with Crippen molar-refractivity contribution in [2.45, 2.75) is 18.9 Å². The Labute approximate surface area is 167 Å². The lowest BCUT2D eigenvalue weighted by atomic mass is 9.79. The summed E-state index contributed by atoms with van der Waals surface area (Å²) in [7, 11) is 0. The quantitative estimate of drug-likeness (QED) is 0.632. The van der Waals surface area contributed by atoms with E-state index in [9.17, 15) is 14.4 Å². The molecule has 2 saturated carbocycles. The van der Waals surface area contributed by atoms with Gasteiger partial charge in [-0.1, -0.05) is 41.9 Å². The van der Waals surface area contributed by atoms with Crippen LogP contribution >= 0.6 is 11.6 Å². The van der Waals surface area contributed by atoms with Gasteiger partial charge in [-0.15, -0.1) is 0 Å². The van der Waals surface area contributed by atoms with E-state index in [2.05, 4.69) is 5.32 Å². The van der Waals surface area contributed by atoms with E-state index in [0.29, 0.717) is 21.8 Å². The van der Waals surface area contributed by atoms with Crippen LogP contribution in [0.3, 0.4) is 0 Å². The first-order chi connectivity index (χ1) is 13.5.